The van der Waals surface area contributed by atoms with Gasteiger partial charge in [0.25, 0.3) is 0 Å². The molecule has 198 valence electrons. The largest absolute Gasteiger partial charge is 0.478 e. The fraction of sp³-hybridized carbons (Fsp3) is 0.500. The van der Waals surface area contributed by atoms with Crippen molar-refractivity contribution < 1.29 is 28.2 Å². The van der Waals surface area contributed by atoms with Gasteiger partial charge in [-0.2, -0.15) is 5.10 Å². The summed E-state index contributed by atoms with van der Waals surface area (Å²) < 4.78 is 30.6. The van der Waals surface area contributed by atoms with Gasteiger partial charge in [-0.3, -0.25) is 15.2 Å². The molecule has 1 spiro atoms. The number of ether oxygens (including phenoxy) is 1. The lowest BCUT2D eigenvalue weighted by molar-refractivity contribution is -0.132. The number of aliphatic carboxylic acids is 1. The maximum absolute atomic E-state index is 12.9. The van der Waals surface area contributed by atoms with Crippen molar-refractivity contribution in [2.24, 2.45) is 5.10 Å². The van der Waals surface area contributed by atoms with E-state index in [0.29, 0.717) is 19.4 Å². The molecule has 2 aliphatic rings. The van der Waals surface area contributed by atoms with E-state index in [1.54, 1.807) is 41.6 Å². The molecule has 0 bridgehead atoms. The quantitative estimate of drug-likeness (QED) is 0.165. The number of halogens is 2. The summed E-state index contributed by atoms with van der Waals surface area (Å²) in [6.07, 6.45) is 15.9. The van der Waals surface area contributed by atoms with Crippen molar-refractivity contribution in [2.45, 2.75) is 51.2 Å². The van der Waals surface area contributed by atoms with Gasteiger partial charge < -0.3 is 9.84 Å². The highest BCUT2D eigenvalue weighted by Gasteiger charge is 2.47. The minimum absolute atomic E-state index is 0.211. The van der Waals surface area contributed by atoms with Gasteiger partial charge in [-0.25, -0.2) is 18.4 Å². The number of nitrogens with one attached hydrogen (secondary N) is 1. The van der Waals surface area contributed by atoms with E-state index in [9.17, 15) is 23.5 Å². The normalized spacial score (nSPS) is 20.4. The molecule has 8 nitrogen and oxygen atoms in total. The number of amides is 1. The molecule has 0 radical (unpaired) electrons. The van der Waals surface area contributed by atoms with Crippen molar-refractivity contribution in [2.75, 3.05) is 32.9 Å². The summed E-state index contributed by atoms with van der Waals surface area (Å²) >= 11 is 0. The van der Waals surface area contributed by atoms with Crippen molar-refractivity contribution in [3.05, 3.63) is 60.1 Å². The smallest absolute Gasteiger partial charge is 0.411 e. The Morgan fingerprint density at radius 1 is 1.28 bits per heavy atom. The zero-order chi connectivity index (χ0) is 26.4. The minimum atomic E-state index is -0.989. The van der Waals surface area contributed by atoms with Crippen molar-refractivity contribution >= 4 is 18.3 Å². The Morgan fingerprint density at radius 3 is 2.69 bits per heavy atom. The first-order chi connectivity index (χ1) is 17.3. The third-order valence-corrected chi connectivity index (χ3v) is 5.99. The average molecular weight is 507 g/mol. The van der Waals surface area contributed by atoms with E-state index in [4.69, 9.17) is 4.74 Å². The van der Waals surface area contributed by atoms with Crippen LogP contribution in [0.5, 0.6) is 0 Å². The first kappa shape index (κ1) is 29.0. The van der Waals surface area contributed by atoms with E-state index >= 15 is 0 Å². The predicted molar refractivity (Wildman–Crippen MR) is 136 cm³/mol. The summed E-state index contributed by atoms with van der Waals surface area (Å²) in [5.41, 5.74) is 2.48. The number of piperidine rings is 1. The van der Waals surface area contributed by atoms with Crippen molar-refractivity contribution in [3.8, 4) is 0 Å². The topological polar surface area (TPSA) is 94.5 Å². The lowest BCUT2D eigenvalue weighted by Crippen LogP contribution is -2.47. The van der Waals surface area contributed by atoms with Gasteiger partial charge in [0.1, 0.15) is 18.1 Å². The van der Waals surface area contributed by atoms with Gasteiger partial charge in [0.15, 0.2) is 0 Å². The van der Waals surface area contributed by atoms with Gasteiger partial charge in [0.05, 0.1) is 18.2 Å². The highest BCUT2D eigenvalue weighted by atomic mass is 19.1. The van der Waals surface area contributed by atoms with Gasteiger partial charge in [0.2, 0.25) is 0 Å². The predicted octanol–water partition coefficient (Wildman–Crippen LogP) is 4.50. The van der Waals surface area contributed by atoms with E-state index < -0.39 is 24.1 Å². The number of alkyl halides is 1. The molecule has 0 aromatic rings. The van der Waals surface area contributed by atoms with Gasteiger partial charge in [-0.1, -0.05) is 31.2 Å². The van der Waals surface area contributed by atoms with Crippen molar-refractivity contribution in [1.29, 1.82) is 0 Å². The molecule has 2 N–H and O–H groups in total. The number of rotatable bonds is 13. The van der Waals surface area contributed by atoms with Crippen LogP contribution in [0.25, 0.3) is 0 Å². The monoisotopic (exact) mass is 506 g/mol. The number of likely N-dealkylation sites (tertiary alicyclic amines) is 1. The number of hydrogen-bond acceptors (Lipinski definition) is 6. The molecule has 0 saturated carbocycles. The molecular weight excluding hydrogens is 470 g/mol. The first-order valence-corrected chi connectivity index (χ1v) is 12.1. The minimum Gasteiger partial charge on any atom is -0.478 e. The summed E-state index contributed by atoms with van der Waals surface area (Å²) in [6.45, 7) is 5.67. The van der Waals surface area contributed by atoms with Crippen LogP contribution in [0, 0.1) is 0 Å². The van der Waals surface area contributed by atoms with E-state index in [1.807, 2.05) is 19.9 Å². The maximum atomic E-state index is 12.9. The van der Waals surface area contributed by atoms with Crippen LogP contribution in [0.15, 0.2) is 65.2 Å². The number of carboxylic acids is 1. The van der Waals surface area contributed by atoms with Crippen LogP contribution in [-0.2, 0) is 9.53 Å². The Morgan fingerprint density at radius 2 is 2.03 bits per heavy atom. The molecule has 2 aliphatic heterocycles. The van der Waals surface area contributed by atoms with Gasteiger partial charge in [-0.15, -0.1) is 0 Å². The van der Waals surface area contributed by atoms with Gasteiger partial charge in [-0.05, 0) is 31.6 Å². The Kier molecular flexibility index (Phi) is 12.0. The Balaban J connectivity index is 1.74. The highest BCUT2D eigenvalue weighted by Crippen LogP contribution is 2.34. The highest BCUT2D eigenvalue weighted by molar-refractivity contribution is 5.89. The van der Waals surface area contributed by atoms with Gasteiger partial charge >= 0.3 is 12.1 Å². The molecule has 2 fully saturated rings. The number of carbonyl (C=O) groups excluding carboxylic acids is 1. The Bertz CT molecular complexity index is 919. The zero-order valence-electron chi connectivity index (χ0n) is 20.9. The molecule has 1 unspecified atom stereocenters. The standard InChI is InChI=1S/C26H36F2N4O4/c1-3-7-22(24(33)34)10-9-21(2)32-20-26(36-25(32)35)12-18-31(19-13-26)17-6-16-30-29-15-5-4-8-23(28)11-14-27/h4,6-11,15-16,21,30H,3,5,12-14,17-20H2,1-2H3,(H,33,34)/b8-4-,10-9-,16-6+,22-7+,23-11+,29-15+. The molecule has 2 saturated heterocycles. The fourth-order valence-corrected chi connectivity index (χ4v) is 3.94. The summed E-state index contributed by atoms with van der Waals surface area (Å²) in [7, 11) is 0. The Hall–Kier alpha value is -3.27. The molecule has 1 atom stereocenters. The van der Waals surface area contributed by atoms with Crippen molar-refractivity contribution in [3.63, 3.8) is 0 Å². The van der Waals surface area contributed by atoms with Gasteiger partial charge in [0, 0.05) is 51.3 Å². The number of carbonyl (C=O) groups is 2. The summed E-state index contributed by atoms with van der Waals surface area (Å²) in [4.78, 5) is 27.7. The molecule has 1 amide bonds. The van der Waals surface area contributed by atoms with Crippen LogP contribution < -0.4 is 5.43 Å². The Labute approximate surface area is 211 Å². The summed E-state index contributed by atoms with van der Waals surface area (Å²) in [5.74, 6) is -1.60. The maximum Gasteiger partial charge on any atom is 0.411 e. The second-order valence-electron chi connectivity index (χ2n) is 8.68. The molecule has 0 aromatic heterocycles. The number of carboxylic acid groups (broad SMARTS) is 1. The van der Waals surface area contributed by atoms with Crippen molar-refractivity contribution in [1.82, 2.24) is 15.2 Å². The van der Waals surface area contributed by atoms with E-state index in [1.165, 1.54) is 6.08 Å². The molecule has 2 rings (SSSR count). The average Bonchev–Trinajstić information content (AvgIpc) is 3.17. The molecule has 0 aliphatic carbocycles. The van der Waals surface area contributed by atoms with Crippen LogP contribution in [0.3, 0.4) is 0 Å². The third-order valence-electron chi connectivity index (χ3n) is 5.99. The van der Waals surface area contributed by atoms with E-state index in [2.05, 4.69) is 15.4 Å². The molecule has 10 heteroatoms. The second-order valence-corrected chi connectivity index (χ2v) is 8.68. The van der Waals surface area contributed by atoms with Crippen LogP contribution in [0.4, 0.5) is 13.6 Å². The van der Waals surface area contributed by atoms with Crippen LogP contribution >= 0.6 is 0 Å². The number of hydrazone groups is 1. The molecule has 2 heterocycles. The SMILES string of the molecule is CC/C=C(\C=C/C(C)N1CC2(CCN(C/C=C/N/N=C/C/C=C\C(F)=C/CF)CC2)OC1=O)C(=O)O. The van der Waals surface area contributed by atoms with E-state index in [-0.39, 0.29) is 17.7 Å². The van der Waals surface area contributed by atoms with Crippen LogP contribution in [0.2, 0.25) is 0 Å². The lowest BCUT2D eigenvalue weighted by atomic mass is 9.91. The van der Waals surface area contributed by atoms with Crippen LogP contribution in [0.1, 0.15) is 39.5 Å². The first-order valence-electron chi connectivity index (χ1n) is 12.1. The molecular formula is C26H36F2N4O4. The molecule has 0 aromatic carbocycles. The number of nitrogens with zero attached hydrogens (tertiary/aromatic N) is 3. The van der Waals surface area contributed by atoms with Crippen LogP contribution in [-0.4, -0.2) is 77.7 Å². The fourth-order valence-electron chi connectivity index (χ4n) is 3.94. The second kappa shape index (κ2) is 15.0. The summed E-state index contributed by atoms with van der Waals surface area (Å²) in [5, 5.41) is 13.2. The summed E-state index contributed by atoms with van der Waals surface area (Å²) in [6, 6.07) is -0.273. The molecule has 36 heavy (non-hydrogen) atoms. The number of hydrogen-bond donors (Lipinski definition) is 2. The zero-order valence-corrected chi connectivity index (χ0v) is 20.9. The van der Waals surface area contributed by atoms with E-state index in [0.717, 1.165) is 38.6 Å². The number of allylic oxidation sites excluding steroid dienone is 5. The lowest BCUT2D eigenvalue weighted by Gasteiger charge is -2.37. The third kappa shape index (κ3) is 9.41.